The normalized spacial score (nSPS) is 9.62. The summed E-state index contributed by atoms with van der Waals surface area (Å²) in [6, 6.07) is 6.69. The second-order valence-corrected chi connectivity index (χ2v) is 3.05. The maximum absolute atomic E-state index is 9.00. The van der Waals surface area contributed by atoms with E-state index in [9.17, 15) is 0 Å². The number of phenols is 1. The molecule has 0 fully saturated rings. The number of phenolic OH excluding ortho intramolecular Hbond substituents is 1. The standard InChI is InChI=1S/C8H11N3OS/c9-8(13)11(10)5-6-1-3-7(12)4-2-6/h1-4,12H,5,10H2,(H2,9,13). The maximum Gasteiger partial charge on any atom is 0.180 e. The Morgan fingerprint density at radius 2 is 1.92 bits per heavy atom. The summed E-state index contributed by atoms with van der Waals surface area (Å²) in [4.78, 5) is 0. The van der Waals surface area contributed by atoms with Crippen LogP contribution in [0.3, 0.4) is 0 Å². The van der Waals surface area contributed by atoms with Crippen molar-refractivity contribution >= 4 is 17.3 Å². The van der Waals surface area contributed by atoms with Crippen molar-refractivity contribution in [2.75, 3.05) is 0 Å². The Labute approximate surface area is 81.7 Å². The molecule has 0 saturated carbocycles. The highest BCUT2D eigenvalue weighted by molar-refractivity contribution is 7.80. The molecule has 1 aromatic rings. The van der Waals surface area contributed by atoms with Crippen molar-refractivity contribution in [1.82, 2.24) is 5.01 Å². The number of benzene rings is 1. The van der Waals surface area contributed by atoms with Crippen molar-refractivity contribution < 1.29 is 5.11 Å². The van der Waals surface area contributed by atoms with Crippen LogP contribution in [-0.4, -0.2) is 15.2 Å². The van der Waals surface area contributed by atoms with E-state index in [1.165, 1.54) is 5.01 Å². The van der Waals surface area contributed by atoms with Gasteiger partial charge in [-0.15, -0.1) is 0 Å². The van der Waals surface area contributed by atoms with Gasteiger partial charge in [-0.3, -0.25) is 5.01 Å². The van der Waals surface area contributed by atoms with Gasteiger partial charge in [0.1, 0.15) is 5.75 Å². The molecule has 0 spiro atoms. The summed E-state index contributed by atoms with van der Waals surface area (Å²) in [6.45, 7) is 0.440. The molecule has 0 heterocycles. The van der Waals surface area contributed by atoms with Gasteiger partial charge < -0.3 is 10.8 Å². The second kappa shape index (κ2) is 4.06. The molecule has 0 radical (unpaired) electrons. The average Bonchev–Trinajstić information content (AvgIpc) is 2.08. The number of hydrogen-bond acceptors (Lipinski definition) is 3. The van der Waals surface area contributed by atoms with E-state index >= 15 is 0 Å². The lowest BCUT2D eigenvalue weighted by Gasteiger charge is -2.15. The zero-order chi connectivity index (χ0) is 9.84. The summed E-state index contributed by atoms with van der Waals surface area (Å²) in [6.07, 6.45) is 0. The van der Waals surface area contributed by atoms with Gasteiger partial charge in [0.25, 0.3) is 0 Å². The molecule has 1 aromatic carbocycles. The first kappa shape index (κ1) is 9.76. The molecule has 0 saturated heterocycles. The number of nitrogens with two attached hydrogens (primary N) is 2. The molecule has 70 valence electrons. The minimum atomic E-state index is 0.146. The van der Waals surface area contributed by atoms with Gasteiger partial charge in [0.05, 0.1) is 6.54 Å². The fraction of sp³-hybridized carbons (Fsp3) is 0.125. The third-order valence-electron chi connectivity index (χ3n) is 1.57. The fourth-order valence-electron chi connectivity index (χ4n) is 0.876. The number of rotatable bonds is 2. The molecule has 13 heavy (non-hydrogen) atoms. The highest BCUT2D eigenvalue weighted by atomic mass is 32.1. The van der Waals surface area contributed by atoms with Crippen LogP contribution in [0, 0.1) is 0 Å². The van der Waals surface area contributed by atoms with Crippen LogP contribution in [0.4, 0.5) is 0 Å². The number of hydrogen-bond donors (Lipinski definition) is 3. The molecule has 0 atom stereocenters. The van der Waals surface area contributed by atoms with Crippen LogP contribution in [0.25, 0.3) is 0 Å². The molecule has 0 aromatic heterocycles. The monoisotopic (exact) mass is 197 g/mol. The summed E-state index contributed by atoms with van der Waals surface area (Å²) in [7, 11) is 0. The van der Waals surface area contributed by atoms with E-state index in [2.05, 4.69) is 12.2 Å². The van der Waals surface area contributed by atoms with Crippen molar-refractivity contribution in [2.24, 2.45) is 11.6 Å². The molecular weight excluding hydrogens is 186 g/mol. The molecule has 1 rings (SSSR count). The van der Waals surface area contributed by atoms with E-state index in [0.29, 0.717) is 6.54 Å². The largest absolute Gasteiger partial charge is 0.508 e. The van der Waals surface area contributed by atoms with Crippen LogP contribution >= 0.6 is 12.2 Å². The van der Waals surface area contributed by atoms with Gasteiger partial charge >= 0.3 is 0 Å². The topological polar surface area (TPSA) is 75.5 Å². The number of hydrazine groups is 1. The maximum atomic E-state index is 9.00. The first-order chi connectivity index (χ1) is 6.09. The van der Waals surface area contributed by atoms with E-state index in [1.54, 1.807) is 24.3 Å². The van der Waals surface area contributed by atoms with E-state index in [0.717, 1.165) is 5.56 Å². The summed E-state index contributed by atoms with van der Waals surface area (Å²) < 4.78 is 0. The number of aromatic hydroxyl groups is 1. The van der Waals surface area contributed by atoms with Crippen molar-refractivity contribution in [1.29, 1.82) is 0 Å². The molecule has 0 aliphatic carbocycles. The molecule has 0 amide bonds. The lowest BCUT2D eigenvalue weighted by atomic mass is 10.2. The molecule has 0 unspecified atom stereocenters. The van der Waals surface area contributed by atoms with Gasteiger partial charge in [-0.25, -0.2) is 5.84 Å². The van der Waals surface area contributed by atoms with Crippen LogP contribution in [0.5, 0.6) is 5.75 Å². The minimum absolute atomic E-state index is 0.146. The molecule has 4 nitrogen and oxygen atoms in total. The third kappa shape index (κ3) is 2.89. The van der Waals surface area contributed by atoms with Crippen molar-refractivity contribution in [2.45, 2.75) is 6.54 Å². The van der Waals surface area contributed by atoms with E-state index < -0.39 is 0 Å². The van der Waals surface area contributed by atoms with Crippen molar-refractivity contribution in [3.63, 3.8) is 0 Å². The van der Waals surface area contributed by atoms with Crippen LogP contribution in [0.2, 0.25) is 0 Å². The third-order valence-corrected chi connectivity index (χ3v) is 1.81. The zero-order valence-corrected chi connectivity index (χ0v) is 7.79. The van der Waals surface area contributed by atoms with Gasteiger partial charge in [-0.05, 0) is 29.9 Å². The molecule has 0 aliphatic heterocycles. The molecule has 5 N–H and O–H groups in total. The minimum Gasteiger partial charge on any atom is -0.508 e. The average molecular weight is 197 g/mol. The predicted molar refractivity (Wildman–Crippen MR) is 54.6 cm³/mol. The van der Waals surface area contributed by atoms with E-state index in [4.69, 9.17) is 16.7 Å². The molecule has 0 bridgehead atoms. The Bertz CT molecular complexity index is 299. The highest BCUT2D eigenvalue weighted by Crippen LogP contribution is 2.10. The van der Waals surface area contributed by atoms with Crippen LogP contribution in [-0.2, 0) is 6.54 Å². The van der Waals surface area contributed by atoms with Gasteiger partial charge in [0, 0.05) is 0 Å². The van der Waals surface area contributed by atoms with E-state index in [-0.39, 0.29) is 10.9 Å². The smallest absolute Gasteiger partial charge is 0.180 e. The van der Waals surface area contributed by atoms with Gasteiger partial charge in [0.2, 0.25) is 0 Å². The summed E-state index contributed by atoms with van der Waals surface area (Å²) >= 11 is 4.67. The first-order valence-electron chi connectivity index (χ1n) is 3.69. The Hall–Kier alpha value is -1.33. The summed E-state index contributed by atoms with van der Waals surface area (Å²) in [5.74, 6) is 5.72. The number of thiocarbonyl (C=S) groups is 1. The summed E-state index contributed by atoms with van der Waals surface area (Å²) in [5, 5.41) is 10.4. The lowest BCUT2D eigenvalue weighted by Crippen LogP contribution is -2.40. The van der Waals surface area contributed by atoms with Crippen molar-refractivity contribution in [3.05, 3.63) is 29.8 Å². The second-order valence-electron chi connectivity index (χ2n) is 2.63. The highest BCUT2D eigenvalue weighted by Gasteiger charge is 2.01. The van der Waals surface area contributed by atoms with Crippen LogP contribution in [0.1, 0.15) is 5.56 Å². The van der Waals surface area contributed by atoms with Crippen LogP contribution in [0.15, 0.2) is 24.3 Å². The lowest BCUT2D eigenvalue weighted by molar-refractivity contribution is 0.436. The molecule has 5 heteroatoms. The Kier molecular flexibility index (Phi) is 3.05. The quantitative estimate of drug-likeness (QED) is 0.361. The first-order valence-corrected chi connectivity index (χ1v) is 4.10. The SMILES string of the molecule is NC(=S)N(N)Cc1ccc(O)cc1. The zero-order valence-electron chi connectivity index (χ0n) is 6.97. The predicted octanol–water partition coefficient (Wildman–Crippen LogP) is 0.311. The van der Waals surface area contributed by atoms with Gasteiger partial charge in [0.15, 0.2) is 5.11 Å². The Morgan fingerprint density at radius 1 is 1.38 bits per heavy atom. The Morgan fingerprint density at radius 3 is 2.38 bits per heavy atom. The summed E-state index contributed by atoms with van der Waals surface area (Å²) in [5.41, 5.74) is 6.23. The van der Waals surface area contributed by atoms with E-state index in [1.807, 2.05) is 0 Å². The van der Waals surface area contributed by atoms with Crippen LogP contribution < -0.4 is 11.6 Å². The molecule has 0 aliphatic rings. The van der Waals surface area contributed by atoms with Gasteiger partial charge in [-0.2, -0.15) is 0 Å². The van der Waals surface area contributed by atoms with Crippen molar-refractivity contribution in [3.8, 4) is 5.75 Å². The molecular formula is C8H11N3OS. The Balaban J connectivity index is 2.64. The number of nitrogens with zero attached hydrogens (tertiary/aromatic N) is 1. The fourth-order valence-corrected chi connectivity index (χ4v) is 0.941. The van der Waals surface area contributed by atoms with Gasteiger partial charge in [-0.1, -0.05) is 12.1 Å².